The molecule has 0 aromatic heterocycles. The number of nitrogens with one attached hydrogen (secondary N) is 4. The number of carbonyl (C=O) groups is 1. The molecule has 2 aliphatic heterocycles. The maximum absolute atomic E-state index is 13.4. The molecule has 0 atom stereocenters. The van der Waals surface area contributed by atoms with Crippen LogP contribution in [0.5, 0.6) is 0 Å². The Kier molecular flexibility index (Phi) is 6.72. The summed E-state index contributed by atoms with van der Waals surface area (Å²) >= 11 is 0. The van der Waals surface area contributed by atoms with Crippen LogP contribution in [0.15, 0.2) is 120 Å². The molecule has 0 spiro atoms. The first-order valence-electron chi connectivity index (χ1n) is 14.1. The van der Waals surface area contributed by atoms with Crippen molar-refractivity contribution in [3.05, 3.63) is 131 Å². The Bertz CT molecular complexity index is 1720. The van der Waals surface area contributed by atoms with Crippen LogP contribution in [-0.4, -0.2) is 19.7 Å². The molecular formula is C32H22B2F6N4O. The second-order valence-electron chi connectivity index (χ2n) is 11.1. The molecule has 224 valence electrons. The van der Waals surface area contributed by atoms with Gasteiger partial charge in [0.1, 0.15) is 0 Å². The molecule has 4 aromatic rings. The number of alkyl halides is 6. The average Bonchev–Trinajstić information content (AvgIpc) is 3.66. The molecule has 0 unspecified atom stereocenters. The Morgan fingerprint density at radius 1 is 0.467 bits per heavy atom. The number of hydrogen-bond donors (Lipinski definition) is 4. The van der Waals surface area contributed by atoms with Gasteiger partial charge in [-0.3, -0.25) is 4.79 Å². The van der Waals surface area contributed by atoms with E-state index in [2.05, 4.69) is 20.9 Å². The van der Waals surface area contributed by atoms with E-state index < -0.39 is 23.5 Å². The molecule has 4 N–H and O–H groups in total. The molecule has 0 amide bonds. The van der Waals surface area contributed by atoms with E-state index in [1.807, 2.05) is 48.5 Å². The number of benzene rings is 4. The predicted octanol–water partition coefficient (Wildman–Crippen LogP) is 4.93. The van der Waals surface area contributed by atoms with Crippen molar-refractivity contribution in [2.45, 2.75) is 18.8 Å². The van der Waals surface area contributed by atoms with Crippen LogP contribution in [0.3, 0.4) is 0 Å². The van der Waals surface area contributed by atoms with E-state index >= 15 is 0 Å². The minimum atomic E-state index is -4.39. The molecule has 0 saturated heterocycles. The van der Waals surface area contributed by atoms with Gasteiger partial charge in [-0.05, 0) is 57.4 Å². The fraction of sp³-hybridized carbons (Fsp3) is 0.0938. The summed E-state index contributed by atoms with van der Waals surface area (Å²) in [6, 6.07) is 24.8. The van der Waals surface area contributed by atoms with Gasteiger partial charge in [-0.2, -0.15) is 26.3 Å². The van der Waals surface area contributed by atoms with E-state index in [0.717, 1.165) is 57.7 Å². The third kappa shape index (κ3) is 5.43. The Morgan fingerprint density at radius 2 is 0.778 bits per heavy atom. The second kappa shape index (κ2) is 10.5. The molecule has 0 saturated carbocycles. The summed E-state index contributed by atoms with van der Waals surface area (Å²) in [4.78, 5) is 13.4. The Labute approximate surface area is 254 Å². The predicted molar refractivity (Wildman–Crippen MR) is 161 cm³/mol. The monoisotopic (exact) mass is 614 g/mol. The fourth-order valence-electron chi connectivity index (χ4n) is 5.79. The molecule has 5 nitrogen and oxygen atoms in total. The zero-order chi connectivity index (χ0) is 31.5. The zero-order valence-electron chi connectivity index (χ0n) is 23.3. The SMILES string of the molecule is O=C1C2=C(CC3=C1NB(c1ccc(-c4ccc(C(F)(F)F)cc4)cc1)N3)NB(c1ccc(-c3ccc(C(F)(F)F)cc3)cc1)N2. The van der Waals surface area contributed by atoms with Crippen LogP contribution >= 0.6 is 0 Å². The second-order valence-corrected chi connectivity index (χ2v) is 11.1. The van der Waals surface area contributed by atoms with Crippen molar-refractivity contribution in [3.8, 4) is 22.3 Å². The quantitative estimate of drug-likeness (QED) is 0.194. The summed E-state index contributed by atoms with van der Waals surface area (Å²) in [5, 5.41) is 13.3. The van der Waals surface area contributed by atoms with E-state index in [1.165, 1.54) is 24.3 Å². The van der Waals surface area contributed by atoms with Gasteiger partial charge in [0.05, 0.1) is 22.5 Å². The van der Waals surface area contributed by atoms with Gasteiger partial charge in [0.15, 0.2) is 0 Å². The molecule has 3 aliphatic rings. The average molecular weight is 614 g/mol. The molecule has 2 heterocycles. The molecule has 4 aromatic carbocycles. The minimum absolute atomic E-state index is 0.181. The summed E-state index contributed by atoms with van der Waals surface area (Å²) in [5.41, 5.74) is 5.64. The number of halogens is 6. The normalized spacial score (nSPS) is 16.2. The standard InChI is InChI=1S/C32H22B2F6N4O/c35-31(36,37)22-9-1-18(2-10-22)20-5-13-24(14-6-20)33-41-26-17-27-29(30(45)28(26)43-33)44-34(42-27)25-15-7-21(8-16-25)19-3-11-23(12-4-19)32(38,39)40/h1-16,41-44H,17H2. The van der Waals surface area contributed by atoms with Gasteiger partial charge in [0, 0.05) is 17.8 Å². The van der Waals surface area contributed by atoms with Gasteiger partial charge in [-0.25, -0.2) is 0 Å². The Morgan fingerprint density at radius 3 is 1.09 bits per heavy atom. The zero-order valence-corrected chi connectivity index (χ0v) is 23.3. The third-order valence-electron chi connectivity index (χ3n) is 8.20. The van der Waals surface area contributed by atoms with Gasteiger partial charge in [0.25, 0.3) is 0 Å². The van der Waals surface area contributed by atoms with Crippen molar-refractivity contribution in [3.63, 3.8) is 0 Å². The van der Waals surface area contributed by atoms with E-state index in [9.17, 15) is 31.1 Å². The minimum Gasteiger partial charge on any atom is -0.407 e. The fourth-order valence-corrected chi connectivity index (χ4v) is 5.79. The highest BCUT2D eigenvalue weighted by Crippen LogP contribution is 2.33. The molecule has 13 heteroatoms. The summed E-state index contributed by atoms with van der Waals surface area (Å²) in [7, 11) is 0. The largest absolute Gasteiger partial charge is 0.416 e. The molecule has 0 bridgehead atoms. The lowest BCUT2D eigenvalue weighted by Gasteiger charge is -2.15. The van der Waals surface area contributed by atoms with Gasteiger partial charge in [-0.15, -0.1) is 0 Å². The number of hydrogen-bond acceptors (Lipinski definition) is 5. The summed E-state index contributed by atoms with van der Waals surface area (Å²) in [5.74, 6) is -0.181. The van der Waals surface area contributed by atoms with Crippen LogP contribution in [0, 0.1) is 0 Å². The molecular weight excluding hydrogens is 592 g/mol. The van der Waals surface area contributed by atoms with E-state index in [4.69, 9.17) is 0 Å². The van der Waals surface area contributed by atoms with Crippen LogP contribution in [0.2, 0.25) is 0 Å². The first-order valence-corrected chi connectivity index (χ1v) is 14.1. The van der Waals surface area contributed by atoms with E-state index in [-0.39, 0.29) is 19.7 Å². The first-order chi connectivity index (χ1) is 21.4. The van der Waals surface area contributed by atoms with Crippen molar-refractivity contribution in [2.24, 2.45) is 0 Å². The molecule has 45 heavy (non-hydrogen) atoms. The molecule has 0 fully saturated rings. The van der Waals surface area contributed by atoms with Crippen LogP contribution in [-0.2, 0) is 17.1 Å². The highest BCUT2D eigenvalue weighted by atomic mass is 19.4. The Balaban J connectivity index is 0.985. The van der Waals surface area contributed by atoms with Crippen molar-refractivity contribution in [2.75, 3.05) is 0 Å². The molecule has 0 radical (unpaired) electrons. The number of ketones is 1. The number of rotatable bonds is 4. The smallest absolute Gasteiger partial charge is 0.407 e. The van der Waals surface area contributed by atoms with Crippen LogP contribution in [0.1, 0.15) is 17.5 Å². The van der Waals surface area contributed by atoms with Crippen molar-refractivity contribution in [1.82, 2.24) is 20.9 Å². The maximum Gasteiger partial charge on any atom is 0.416 e. The van der Waals surface area contributed by atoms with Gasteiger partial charge < -0.3 is 20.9 Å². The lowest BCUT2D eigenvalue weighted by Crippen LogP contribution is -2.52. The number of carbonyl (C=O) groups excluding carboxylic acids is 1. The summed E-state index contributed by atoms with van der Waals surface area (Å²) in [6.07, 6.45) is -8.31. The molecule has 7 rings (SSSR count). The summed E-state index contributed by atoms with van der Waals surface area (Å²) < 4.78 is 77.4. The van der Waals surface area contributed by atoms with E-state index in [1.54, 1.807) is 0 Å². The Hall–Kier alpha value is -5.06. The first kappa shape index (κ1) is 28.7. The summed E-state index contributed by atoms with van der Waals surface area (Å²) in [6.45, 7) is -0.705. The lowest BCUT2D eigenvalue weighted by molar-refractivity contribution is -0.138. The lowest BCUT2D eigenvalue weighted by atomic mass is 9.68. The highest BCUT2D eigenvalue weighted by Gasteiger charge is 2.42. The van der Waals surface area contributed by atoms with Gasteiger partial charge in [0.2, 0.25) is 5.78 Å². The van der Waals surface area contributed by atoms with Crippen molar-refractivity contribution >= 4 is 30.7 Å². The van der Waals surface area contributed by atoms with Gasteiger partial charge in [-0.1, -0.05) is 72.8 Å². The highest BCUT2D eigenvalue weighted by molar-refractivity contribution is 6.72. The van der Waals surface area contributed by atoms with Crippen LogP contribution in [0.25, 0.3) is 22.3 Å². The van der Waals surface area contributed by atoms with Crippen molar-refractivity contribution < 1.29 is 31.1 Å². The third-order valence-corrected chi connectivity index (χ3v) is 8.20. The molecule has 1 aliphatic carbocycles. The van der Waals surface area contributed by atoms with Crippen LogP contribution in [0.4, 0.5) is 26.3 Å². The van der Waals surface area contributed by atoms with Gasteiger partial charge >= 0.3 is 26.3 Å². The van der Waals surface area contributed by atoms with Crippen LogP contribution < -0.4 is 31.8 Å². The topological polar surface area (TPSA) is 65.2 Å². The maximum atomic E-state index is 13.4. The van der Waals surface area contributed by atoms with E-state index in [0.29, 0.717) is 28.9 Å². The number of Topliss-reactive ketones (excluding diaryl/α,β-unsaturated/α-hetero) is 1. The van der Waals surface area contributed by atoms with Crippen molar-refractivity contribution in [1.29, 1.82) is 0 Å².